The minimum absolute atomic E-state index is 0.503. The minimum Gasteiger partial charge on any atom is -0.497 e. The van der Waals surface area contributed by atoms with E-state index in [-0.39, 0.29) is 0 Å². The van der Waals surface area contributed by atoms with E-state index in [1.807, 2.05) is 28.4 Å². The molecule has 4 aromatic carbocycles. The molecule has 16 unspecified atom stereocenters. The van der Waals surface area contributed by atoms with Gasteiger partial charge in [-0.3, -0.25) is 0 Å². The molecule has 11 rings (SSSR count). The summed E-state index contributed by atoms with van der Waals surface area (Å²) < 4.78 is 23.2. The van der Waals surface area contributed by atoms with Gasteiger partial charge in [-0.15, -0.1) is 0 Å². The summed E-state index contributed by atoms with van der Waals surface area (Å²) in [6.45, 7) is 0. The van der Waals surface area contributed by atoms with Crippen LogP contribution in [0.15, 0.2) is 97.1 Å². The molecule has 0 amide bonds. The Labute approximate surface area is 347 Å². The first kappa shape index (κ1) is 37.1. The van der Waals surface area contributed by atoms with Crippen molar-refractivity contribution in [3.8, 4) is 23.0 Å². The van der Waals surface area contributed by atoms with Crippen LogP contribution in [0.25, 0.3) is 0 Å². The number of hydrogen-bond acceptors (Lipinski definition) is 4. The maximum absolute atomic E-state index is 5.80. The van der Waals surface area contributed by atoms with Crippen molar-refractivity contribution in [2.45, 2.75) is 87.9 Å². The van der Waals surface area contributed by atoms with E-state index in [1.165, 1.54) is 64.2 Å². The lowest BCUT2D eigenvalue weighted by Gasteiger charge is -2.61. The largest absolute Gasteiger partial charge is 0.497 e. The summed E-state index contributed by atoms with van der Waals surface area (Å²) in [6, 6.07) is 37.9. The third kappa shape index (κ3) is 5.72. The molecule has 4 nitrogen and oxygen atoms in total. The van der Waals surface area contributed by atoms with E-state index in [9.17, 15) is 0 Å². The lowest BCUT2D eigenvalue weighted by atomic mass is 9.43. The van der Waals surface area contributed by atoms with Crippen LogP contribution in [0.4, 0.5) is 0 Å². The summed E-state index contributed by atoms with van der Waals surface area (Å²) in [5, 5.41) is 0. The molecule has 304 valence electrons. The zero-order valence-electron chi connectivity index (χ0n) is 35.2. The molecular formula is C54H64O4. The number of methoxy groups -OCH3 is 4. The van der Waals surface area contributed by atoms with Crippen molar-refractivity contribution in [2.24, 2.45) is 71.0 Å². The molecule has 4 aromatic rings. The molecule has 0 radical (unpaired) electrons. The summed E-state index contributed by atoms with van der Waals surface area (Å²) in [7, 11) is 7.26. The number of ether oxygens (including phenoxy) is 4. The molecule has 7 aliphatic rings. The van der Waals surface area contributed by atoms with Gasteiger partial charge in [-0.05, 0) is 191 Å². The van der Waals surface area contributed by atoms with Gasteiger partial charge in [0.1, 0.15) is 23.0 Å². The van der Waals surface area contributed by atoms with Crippen LogP contribution < -0.4 is 18.9 Å². The SMILES string of the molecule is COc1ccc(C2C(c3ccc(OC)cc3)C3C4CC5CCCCC5C5C(c6ccc(OC)cc6)C(c6ccc(OC)cc6)C(C6CC7CCCCC7C2C63)C45)cc1. The van der Waals surface area contributed by atoms with Gasteiger partial charge in [0, 0.05) is 0 Å². The predicted octanol–water partition coefficient (Wildman–Crippen LogP) is 12.5. The molecule has 0 spiro atoms. The average molecular weight is 777 g/mol. The van der Waals surface area contributed by atoms with E-state index >= 15 is 0 Å². The third-order valence-electron chi connectivity index (χ3n) is 18.3. The first-order chi connectivity index (χ1) is 28.6. The second-order valence-corrected chi connectivity index (χ2v) is 19.9. The Morgan fingerprint density at radius 3 is 0.845 bits per heavy atom. The lowest BCUT2D eigenvalue weighted by Crippen LogP contribution is -2.55. The third-order valence-corrected chi connectivity index (χ3v) is 18.3. The first-order valence-electron chi connectivity index (χ1n) is 23.2. The van der Waals surface area contributed by atoms with E-state index < -0.39 is 0 Å². The fourth-order valence-electron chi connectivity index (χ4n) is 16.7. The fraction of sp³-hybridized carbons (Fsp3) is 0.556. The Bertz CT molecular complexity index is 1890. The molecule has 58 heavy (non-hydrogen) atoms. The highest BCUT2D eigenvalue weighted by Gasteiger charge is 2.72. The summed E-state index contributed by atoms with van der Waals surface area (Å²) in [4.78, 5) is 0. The van der Waals surface area contributed by atoms with Gasteiger partial charge in [0.05, 0.1) is 28.4 Å². The Morgan fingerprint density at radius 2 is 0.569 bits per heavy atom. The Morgan fingerprint density at radius 1 is 0.310 bits per heavy atom. The molecular weight excluding hydrogens is 713 g/mol. The maximum atomic E-state index is 5.80. The van der Waals surface area contributed by atoms with Crippen molar-refractivity contribution in [3.63, 3.8) is 0 Å². The van der Waals surface area contributed by atoms with Gasteiger partial charge in [-0.2, -0.15) is 0 Å². The zero-order chi connectivity index (χ0) is 39.1. The van der Waals surface area contributed by atoms with E-state index in [0.29, 0.717) is 47.3 Å². The van der Waals surface area contributed by atoms with Crippen molar-refractivity contribution in [2.75, 3.05) is 28.4 Å². The molecule has 7 saturated carbocycles. The summed E-state index contributed by atoms with van der Waals surface area (Å²) in [5.41, 5.74) is 6.23. The van der Waals surface area contributed by atoms with Crippen LogP contribution in [0.2, 0.25) is 0 Å². The monoisotopic (exact) mass is 776 g/mol. The molecule has 0 aromatic heterocycles. The second kappa shape index (κ2) is 15.0. The van der Waals surface area contributed by atoms with Gasteiger partial charge in [-0.1, -0.05) is 87.1 Å². The first-order valence-corrected chi connectivity index (χ1v) is 23.2. The number of fused-ring (bicyclic) bond motifs is 6. The molecule has 0 bridgehead atoms. The number of rotatable bonds is 8. The quantitative estimate of drug-likeness (QED) is 0.179. The van der Waals surface area contributed by atoms with Crippen molar-refractivity contribution >= 4 is 0 Å². The Hall–Kier alpha value is -3.92. The zero-order valence-corrected chi connectivity index (χ0v) is 35.2. The van der Waals surface area contributed by atoms with Gasteiger partial charge in [-0.25, -0.2) is 0 Å². The van der Waals surface area contributed by atoms with Crippen molar-refractivity contribution < 1.29 is 18.9 Å². The van der Waals surface area contributed by atoms with Crippen LogP contribution in [0, 0.1) is 71.0 Å². The predicted molar refractivity (Wildman–Crippen MR) is 231 cm³/mol. The van der Waals surface area contributed by atoms with Crippen molar-refractivity contribution in [1.82, 2.24) is 0 Å². The maximum Gasteiger partial charge on any atom is 0.118 e. The summed E-state index contributed by atoms with van der Waals surface area (Å²) in [6.07, 6.45) is 14.1. The van der Waals surface area contributed by atoms with E-state index in [4.69, 9.17) is 18.9 Å². The molecule has 4 heteroatoms. The smallest absolute Gasteiger partial charge is 0.118 e. The summed E-state index contributed by atoms with van der Waals surface area (Å²) in [5.74, 6) is 14.9. The van der Waals surface area contributed by atoms with Gasteiger partial charge < -0.3 is 18.9 Å². The van der Waals surface area contributed by atoms with E-state index in [0.717, 1.165) is 70.3 Å². The molecule has 0 aliphatic heterocycles. The van der Waals surface area contributed by atoms with E-state index in [2.05, 4.69) is 97.1 Å². The Kier molecular flexibility index (Phi) is 9.57. The molecule has 0 heterocycles. The van der Waals surface area contributed by atoms with Crippen LogP contribution in [0.1, 0.15) is 110 Å². The molecule has 0 saturated heterocycles. The molecule has 7 fully saturated rings. The second-order valence-electron chi connectivity index (χ2n) is 19.9. The van der Waals surface area contributed by atoms with Crippen LogP contribution in [0.5, 0.6) is 23.0 Å². The Balaban J connectivity index is 1.15. The highest BCUT2D eigenvalue weighted by Crippen LogP contribution is 2.79. The lowest BCUT2D eigenvalue weighted by molar-refractivity contribution is -0.124. The highest BCUT2D eigenvalue weighted by molar-refractivity contribution is 5.44. The van der Waals surface area contributed by atoms with Crippen molar-refractivity contribution in [1.29, 1.82) is 0 Å². The number of benzene rings is 4. The highest BCUT2D eigenvalue weighted by atomic mass is 16.5. The molecule has 16 atom stereocenters. The minimum atomic E-state index is 0.503. The van der Waals surface area contributed by atoms with Crippen LogP contribution >= 0.6 is 0 Å². The summed E-state index contributed by atoms with van der Waals surface area (Å²) >= 11 is 0. The van der Waals surface area contributed by atoms with Crippen LogP contribution in [-0.2, 0) is 0 Å². The van der Waals surface area contributed by atoms with Gasteiger partial charge >= 0.3 is 0 Å². The van der Waals surface area contributed by atoms with E-state index in [1.54, 1.807) is 22.3 Å². The topological polar surface area (TPSA) is 36.9 Å². The standard InChI is InChI=1S/C54H64O4/c1-55-37-21-13-31(14-22-37)45-47(33-17-25-39(57-3)26-18-33)51-43-30-36-10-6-8-12-42(36)50-46(32-15-23-38(56-2)24-16-32)48(34-19-27-40(58-4)28-20-34)52(54(43)50)44-29-35-9-5-7-11-41(35)49(45)53(44)51/h13-28,35-36,41-54H,5-12,29-30H2,1-4H3. The van der Waals surface area contributed by atoms with Crippen molar-refractivity contribution in [3.05, 3.63) is 119 Å². The average Bonchev–Trinajstić information content (AvgIpc) is 3.84. The van der Waals surface area contributed by atoms with Gasteiger partial charge in [0.15, 0.2) is 0 Å². The van der Waals surface area contributed by atoms with Crippen LogP contribution in [-0.4, -0.2) is 28.4 Å². The number of hydrogen-bond donors (Lipinski definition) is 0. The van der Waals surface area contributed by atoms with Crippen LogP contribution in [0.3, 0.4) is 0 Å². The fourth-order valence-corrected chi connectivity index (χ4v) is 16.7. The van der Waals surface area contributed by atoms with Gasteiger partial charge in [0.2, 0.25) is 0 Å². The molecule has 7 aliphatic carbocycles. The van der Waals surface area contributed by atoms with Gasteiger partial charge in [0.25, 0.3) is 0 Å². The normalized spacial score (nSPS) is 39.4. The molecule has 0 N–H and O–H groups in total.